The number of halogens is 4. The van der Waals surface area contributed by atoms with Gasteiger partial charge >= 0.3 is 0 Å². The van der Waals surface area contributed by atoms with Gasteiger partial charge in [0.25, 0.3) is 11.8 Å². The molecule has 0 bridgehead atoms. The van der Waals surface area contributed by atoms with Crippen molar-refractivity contribution in [1.29, 1.82) is 0 Å². The van der Waals surface area contributed by atoms with Crippen molar-refractivity contribution >= 4 is 18.3 Å². The summed E-state index contributed by atoms with van der Waals surface area (Å²) in [6, 6.07) is 3.25. The number of ether oxygens (including phenoxy) is 1. The lowest BCUT2D eigenvalue weighted by Gasteiger charge is -2.15. The van der Waals surface area contributed by atoms with Crippen molar-refractivity contribution in [1.82, 2.24) is 5.32 Å². The maximum absolute atomic E-state index is 13.0. The van der Waals surface area contributed by atoms with Gasteiger partial charge in [-0.2, -0.15) is 0 Å². The summed E-state index contributed by atoms with van der Waals surface area (Å²) in [6.45, 7) is -1.80. The minimum Gasteiger partial charge on any atom is -0.496 e. The van der Waals surface area contributed by atoms with E-state index < -0.39 is 30.7 Å². The number of methoxy groups -OCH3 is 1. The van der Waals surface area contributed by atoms with Gasteiger partial charge in [-0.25, -0.2) is 13.2 Å². The van der Waals surface area contributed by atoms with E-state index in [9.17, 15) is 18.0 Å². The van der Waals surface area contributed by atoms with Crippen LogP contribution in [-0.4, -0.2) is 32.0 Å². The van der Waals surface area contributed by atoms with Crippen molar-refractivity contribution < 1.29 is 22.7 Å². The second-order valence-corrected chi connectivity index (χ2v) is 3.59. The number of benzene rings is 1. The maximum atomic E-state index is 13.0. The van der Waals surface area contributed by atoms with Gasteiger partial charge in [0.2, 0.25) is 0 Å². The summed E-state index contributed by atoms with van der Waals surface area (Å²) in [5, 5.41) is 1.98. The first-order valence-corrected chi connectivity index (χ1v) is 5.09. The van der Waals surface area contributed by atoms with Gasteiger partial charge in [0.1, 0.15) is 11.6 Å². The Morgan fingerprint density at radius 3 is 2.63 bits per heavy atom. The predicted octanol–water partition coefficient (Wildman–Crippen LogP) is 1.58. The first-order chi connectivity index (χ1) is 8.39. The fourth-order valence-electron chi connectivity index (χ4n) is 1.23. The Morgan fingerprint density at radius 2 is 2.11 bits per heavy atom. The van der Waals surface area contributed by atoms with Crippen molar-refractivity contribution in [3.8, 4) is 5.75 Å². The van der Waals surface area contributed by atoms with Crippen molar-refractivity contribution in [2.24, 2.45) is 5.73 Å². The van der Waals surface area contributed by atoms with Crippen molar-refractivity contribution in [3.05, 3.63) is 29.6 Å². The van der Waals surface area contributed by atoms with Crippen LogP contribution in [0.15, 0.2) is 18.2 Å². The third kappa shape index (κ3) is 4.96. The van der Waals surface area contributed by atoms with E-state index in [-0.39, 0.29) is 23.7 Å². The molecular formula is C11H14ClF3N2O2. The third-order valence-corrected chi connectivity index (χ3v) is 2.21. The van der Waals surface area contributed by atoms with Crippen molar-refractivity contribution in [3.63, 3.8) is 0 Å². The van der Waals surface area contributed by atoms with Crippen LogP contribution in [0.1, 0.15) is 10.4 Å². The molecule has 0 aliphatic carbocycles. The van der Waals surface area contributed by atoms with E-state index in [1.165, 1.54) is 13.2 Å². The molecule has 0 fully saturated rings. The van der Waals surface area contributed by atoms with Crippen LogP contribution in [0.3, 0.4) is 0 Å². The Balaban J connectivity index is 0.00000324. The number of nitrogens with one attached hydrogen (secondary N) is 1. The van der Waals surface area contributed by atoms with Gasteiger partial charge in [-0.05, 0) is 18.2 Å². The number of carbonyl (C=O) groups is 1. The lowest BCUT2D eigenvalue weighted by Crippen LogP contribution is -2.41. The van der Waals surface area contributed by atoms with Crippen molar-refractivity contribution in [2.75, 3.05) is 20.2 Å². The highest BCUT2D eigenvalue weighted by Crippen LogP contribution is 2.19. The van der Waals surface area contributed by atoms with Gasteiger partial charge in [0.05, 0.1) is 25.8 Å². The van der Waals surface area contributed by atoms with Gasteiger partial charge in [-0.3, -0.25) is 4.79 Å². The van der Waals surface area contributed by atoms with E-state index in [2.05, 4.69) is 0 Å². The molecule has 19 heavy (non-hydrogen) atoms. The lowest BCUT2D eigenvalue weighted by atomic mass is 10.1. The smallest absolute Gasteiger partial charge is 0.277 e. The van der Waals surface area contributed by atoms with Crippen LogP contribution in [-0.2, 0) is 0 Å². The Bertz CT molecular complexity index is 444. The molecule has 0 aliphatic heterocycles. The Hall–Kier alpha value is -1.47. The highest BCUT2D eigenvalue weighted by atomic mass is 35.5. The molecule has 1 aromatic carbocycles. The van der Waals surface area contributed by atoms with Crippen molar-refractivity contribution in [2.45, 2.75) is 5.92 Å². The highest BCUT2D eigenvalue weighted by molar-refractivity contribution is 5.96. The van der Waals surface area contributed by atoms with E-state index in [1.807, 2.05) is 5.32 Å². The molecule has 0 heterocycles. The second kappa shape index (κ2) is 7.20. The first-order valence-electron chi connectivity index (χ1n) is 5.09. The van der Waals surface area contributed by atoms with Crippen LogP contribution < -0.4 is 15.8 Å². The van der Waals surface area contributed by atoms with Gasteiger partial charge in [-0.1, -0.05) is 0 Å². The average Bonchev–Trinajstić information content (AvgIpc) is 2.36. The molecule has 0 saturated heterocycles. The number of alkyl halides is 2. The Morgan fingerprint density at radius 1 is 1.47 bits per heavy atom. The summed E-state index contributed by atoms with van der Waals surface area (Å²) < 4.78 is 43.5. The number of carbonyl (C=O) groups excluding carboxylic acids is 1. The molecule has 1 rings (SSSR count). The molecule has 0 unspecified atom stereocenters. The minimum atomic E-state index is -3.20. The largest absolute Gasteiger partial charge is 0.496 e. The number of hydrogen-bond donors (Lipinski definition) is 2. The quantitative estimate of drug-likeness (QED) is 0.867. The number of amides is 1. The van der Waals surface area contributed by atoms with Crippen LogP contribution in [0.25, 0.3) is 0 Å². The fourth-order valence-corrected chi connectivity index (χ4v) is 1.23. The molecule has 0 aromatic heterocycles. The number of rotatable bonds is 5. The monoisotopic (exact) mass is 298 g/mol. The Labute approximate surface area is 114 Å². The van der Waals surface area contributed by atoms with E-state index in [1.54, 1.807) is 0 Å². The van der Waals surface area contributed by atoms with Gasteiger partial charge in [-0.15, -0.1) is 12.4 Å². The van der Waals surface area contributed by atoms with E-state index in [0.717, 1.165) is 12.1 Å². The zero-order valence-corrected chi connectivity index (χ0v) is 10.9. The maximum Gasteiger partial charge on any atom is 0.277 e. The molecular weight excluding hydrogens is 285 g/mol. The fraction of sp³-hybridized carbons (Fsp3) is 0.364. The standard InChI is InChI=1S/C11H13F3N2O2.ClH/c1-18-9-3-2-7(12)4-8(9)10(17)16-6-11(13,14)5-15;/h2-4H,5-6,15H2,1H3,(H,16,17);1H. The van der Waals surface area contributed by atoms with Gasteiger partial charge in [0, 0.05) is 0 Å². The summed E-state index contributed by atoms with van der Waals surface area (Å²) in [7, 11) is 1.29. The van der Waals surface area contributed by atoms with E-state index >= 15 is 0 Å². The second-order valence-electron chi connectivity index (χ2n) is 3.59. The molecule has 108 valence electrons. The molecule has 0 aliphatic rings. The molecule has 4 nitrogen and oxygen atoms in total. The average molecular weight is 299 g/mol. The van der Waals surface area contributed by atoms with Crippen LogP contribution in [0.2, 0.25) is 0 Å². The SMILES string of the molecule is COc1ccc(F)cc1C(=O)NCC(F)(F)CN.Cl. The molecule has 0 spiro atoms. The zero-order valence-electron chi connectivity index (χ0n) is 10.1. The normalized spacial score (nSPS) is 10.6. The minimum absolute atomic E-state index is 0. The molecule has 0 radical (unpaired) electrons. The summed E-state index contributed by atoms with van der Waals surface area (Å²) in [5.41, 5.74) is 4.68. The zero-order chi connectivity index (χ0) is 13.8. The summed E-state index contributed by atoms with van der Waals surface area (Å²) >= 11 is 0. The van der Waals surface area contributed by atoms with E-state index in [4.69, 9.17) is 10.5 Å². The molecule has 8 heteroatoms. The molecule has 1 aromatic rings. The molecule has 0 atom stereocenters. The topological polar surface area (TPSA) is 64.3 Å². The Kier molecular flexibility index (Phi) is 6.64. The van der Waals surface area contributed by atoms with Crippen LogP contribution >= 0.6 is 12.4 Å². The van der Waals surface area contributed by atoms with Crippen LogP contribution in [0, 0.1) is 5.82 Å². The predicted molar refractivity (Wildman–Crippen MR) is 66.5 cm³/mol. The van der Waals surface area contributed by atoms with Gasteiger partial charge in [0.15, 0.2) is 0 Å². The van der Waals surface area contributed by atoms with Crippen LogP contribution in [0.4, 0.5) is 13.2 Å². The third-order valence-electron chi connectivity index (χ3n) is 2.21. The van der Waals surface area contributed by atoms with E-state index in [0.29, 0.717) is 0 Å². The molecule has 0 saturated carbocycles. The summed E-state index contributed by atoms with van der Waals surface area (Å²) in [4.78, 5) is 11.6. The molecule has 3 N–H and O–H groups in total. The first kappa shape index (κ1) is 17.5. The number of nitrogens with two attached hydrogens (primary N) is 1. The summed E-state index contributed by atoms with van der Waals surface area (Å²) in [5.74, 6) is -4.60. The van der Waals surface area contributed by atoms with Gasteiger partial charge < -0.3 is 15.8 Å². The van der Waals surface area contributed by atoms with Crippen LogP contribution in [0.5, 0.6) is 5.75 Å². The summed E-state index contributed by atoms with van der Waals surface area (Å²) in [6.07, 6.45) is 0. The lowest BCUT2D eigenvalue weighted by molar-refractivity contribution is 0.0118. The molecule has 1 amide bonds. The number of hydrogen-bond acceptors (Lipinski definition) is 3. The highest BCUT2D eigenvalue weighted by Gasteiger charge is 2.27.